The lowest BCUT2D eigenvalue weighted by atomic mass is 10.0. The molecule has 0 atom stereocenters. The molecular weight excluding hydrogens is 324 g/mol. The van der Waals surface area contributed by atoms with Crippen molar-refractivity contribution >= 4 is 34.2 Å². The van der Waals surface area contributed by atoms with E-state index in [4.69, 9.17) is 4.74 Å². The first-order valence-electron chi connectivity index (χ1n) is 8.17. The summed E-state index contributed by atoms with van der Waals surface area (Å²) in [7, 11) is 0. The molecule has 0 aliphatic carbocycles. The molecule has 0 saturated heterocycles. The number of ether oxygens (including phenoxy) is 1. The third-order valence-electron chi connectivity index (χ3n) is 2.92. The van der Waals surface area contributed by atoms with Crippen LogP contribution in [-0.2, 0) is 0 Å². The summed E-state index contributed by atoms with van der Waals surface area (Å²) in [5, 5.41) is 0. The van der Waals surface area contributed by atoms with Crippen molar-refractivity contribution in [2.75, 3.05) is 26.2 Å². The molecule has 23 heavy (non-hydrogen) atoms. The smallest absolute Gasteiger partial charge is 0.148 e. The van der Waals surface area contributed by atoms with Crippen molar-refractivity contribution in [2.24, 2.45) is 5.41 Å². The Labute approximate surface area is 150 Å². The van der Waals surface area contributed by atoms with Crippen LogP contribution in [-0.4, -0.2) is 36.1 Å². The van der Waals surface area contributed by atoms with Crippen LogP contribution in [0.4, 0.5) is 0 Å². The lowest BCUT2D eigenvalue weighted by Crippen LogP contribution is -2.27. The van der Waals surface area contributed by atoms with E-state index in [0.717, 1.165) is 46.5 Å². The highest BCUT2D eigenvalue weighted by atomic mass is 32.2. The fraction of sp³-hybridized carbons (Fsp3) is 0.611. The standard InChI is InChI=1S/C13H18N2OS2.C5H12/c1-3-15(4-2)7-8-16-10-5-6-11-12(9-10)18-13(17)14-11;1-5(2,3)4/h5-6,9H,3-4,7-8H2,1-2H3,(H,14,17);1-4H3. The normalized spacial score (nSPS) is 11.5. The Morgan fingerprint density at radius 2 is 1.78 bits per heavy atom. The van der Waals surface area contributed by atoms with Crippen LogP contribution in [0.5, 0.6) is 5.75 Å². The van der Waals surface area contributed by atoms with Crippen molar-refractivity contribution in [1.82, 2.24) is 9.88 Å². The van der Waals surface area contributed by atoms with E-state index in [1.807, 2.05) is 18.2 Å². The second-order valence-electron chi connectivity index (χ2n) is 7.00. The first-order valence-corrected chi connectivity index (χ1v) is 9.44. The predicted molar refractivity (Wildman–Crippen MR) is 105 cm³/mol. The van der Waals surface area contributed by atoms with Gasteiger partial charge in [0.15, 0.2) is 0 Å². The number of likely N-dealkylation sites (N-methyl/N-ethyl adjacent to an activating group) is 1. The zero-order chi connectivity index (χ0) is 17.5. The van der Waals surface area contributed by atoms with E-state index in [1.54, 1.807) is 11.3 Å². The SMILES string of the molecule is CC(C)(C)C.CCN(CC)CCOc1ccc2nc(S)sc2c1. The third kappa shape index (κ3) is 8.58. The molecule has 0 bridgehead atoms. The van der Waals surface area contributed by atoms with E-state index in [1.165, 1.54) is 0 Å². The molecule has 3 nitrogen and oxygen atoms in total. The summed E-state index contributed by atoms with van der Waals surface area (Å²) in [4.78, 5) is 6.65. The Hall–Kier alpha value is -0.780. The Kier molecular flexibility index (Phi) is 8.37. The molecule has 1 aromatic heterocycles. The minimum atomic E-state index is 0.500. The summed E-state index contributed by atoms with van der Waals surface area (Å²) in [6, 6.07) is 5.99. The topological polar surface area (TPSA) is 25.4 Å². The third-order valence-corrected chi connectivity index (χ3v) is 4.11. The molecule has 0 N–H and O–H groups in total. The Bertz CT molecular complexity index is 580. The van der Waals surface area contributed by atoms with Gasteiger partial charge in [0, 0.05) is 6.54 Å². The number of hydrogen-bond acceptors (Lipinski definition) is 5. The zero-order valence-electron chi connectivity index (χ0n) is 15.2. The van der Waals surface area contributed by atoms with E-state index in [2.05, 4.69) is 64.1 Å². The maximum atomic E-state index is 5.77. The Balaban J connectivity index is 0.000000463. The van der Waals surface area contributed by atoms with Gasteiger partial charge in [0.1, 0.15) is 16.7 Å². The molecule has 2 rings (SSSR count). The lowest BCUT2D eigenvalue weighted by molar-refractivity contribution is 0.223. The summed E-state index contributed by atoms with van der Waals surface area (Å²) in [6.45, 7) is 16.9. The molecule has 130 valence electrons. The quantitative estimate of drug-likeness (QED) is 0.707. The number of benzene rings is 1. The van der Waals surface area contributed by atoms with Gasteiger partial charge in [-0.25, -0.2) is 4.98 Å². The van der Waals surface area contributed by atoms with Crippen molar-refractivity contribution in [2.45, 2.75) is 45.9 Å². The van der Waals surface area contributed by atoms with Gasteiger partial charge >= 0.3 is 0 Å². The minimum Gasteiger partial charge on any atom is -0.492 e. The molecule has 0 fully saturated rings. The van der Waals surface area contributed by atoms with Crippen LogP contribution >= 0.6 is 24.0 Å². The largest absolute Gasteiger partial charge is 0.492 e. The number of fused-ring (bicyclic) bond motifs is 1. The van der Waals surface area contributed by atoms with Gasteiger partial charge in [-0.1, -0.05) is 41.5 Å². The highest BCUT2D eigenvalue weighted by Gasteiger charge is 2.04. The van der Waals surface area contributed by atoms with Crippen molar-refractivity contribution in [3.05, 3.63) is 18.2 Å². The maximum Gasteiger partial charge on any atom is 0.148 e. The monoisotopic (exact) mass is 354 g/mol. The van der Waals surface area contributed by atoms with Crippen molar-refractivity contribution in [1.29, 1.82) is 0 Å². The Morgan fingerprint density at radius 3 is 2.35 bits per heavy atom. The summed E-state index contributed by atoms with van der Waals surface area (Å²) < 4.78 is 7.69. The van der Waals surface area contributed by atoms with Crippen LogP contribution < -0.4 is 4.74 Å². The highest BCUT2D eigenvalue weighted by Crippen LogP contribution is 2.27. The van der Waals surface area contributed by atoms with Gasteiger partial charge in [-0.3, -0.25) is 0 Å². The Morgan fingerprint density at radius 1 is 1.17 bits per heavy atom. The second-order valence-corrected chi connectivity index (χ2v) is 8.76. The lowest BCUT2D eigenvalue weighted by Gasteiger charge is -2.17. The van der Waals surface area contributed by atoms with Crippen LogP contribution in [0.3, 0.4) is 0 Å². The molecule has 0 radical (unpaired) electrons. The molecule has 0 saturated carbocycles. The molecule has 0 aliphatic heterocycles. The van der Waals surface area contributed by atoms with Crippen molar-refractivity contribution in [3.8, 4) is 5.75 Å². The van der Waals surface area contributed by atoms with Gasteiger partial charge < -0.3 is 9.64 Å². The fourth-order valence-corrected chi connectivity index (χ4v) is 2.95. The number of aromatic nitrogens is 1. The van der Waals surface area contributed by atoms with E-state index in [-0.39, 0.29) is 0 Å². The molecule has 1 heterocycles. The van der Waals surface area contributed by atoms with Crippen LogP contribution in [0.15, 0.2) is 22.5 Å². The van der Waals surface area contributed by atoms with E-state index in [9.17, 15) is 0 Å². The van der Waals surface area contributed by atoms with Gasteiger partial charge in [0.05, 0.1) is 10.2 Å². The molecule has 1 aromatic carbocycles. The molecule has 0 spiro atoms. The van der Waals surface area contributed by atoms with Gasteiger partial charge in [-0.2, -0.15) is 0 Å². The van der Waals surface area contributed by atoms with Crippen molar-refractivity contribution < 1.29 is 4.74 Å². The van der Waals surface area contributed by atoms with E-state index < -0.39 is 0 Å². The average Bonchev–Trinajstić information content (AvgIpc) is 2.81. The van der Waals surface area contributed by atoms with Gasteiger partial charge in [-0.15, -0.1) is 24.0 Å². The molecule has 0 unspecified atom stereocenters. The summed E-state index contributed by atoms with van der Waals surface area (Å²) in [6.07, 6.45) is 0. The number of hydrogen-bond donors (Lipinski definition) is 1. The van der Waals surface area contributed by atoms with Gasteiger partial charge in [0.2, 0.25) is 0 Å². The zero-order valence-corrected chi connectivity index (χ0v) is 16.9. The van der Waals surface area contributed by atoms with Crippen LogP contribution in [0.1, 0.15) is 41.5 Å². The summed E-state index contributed by atoms with van der Waals surface area (Å²) in [5.74, 6) is 0.909. The summed E-state index contributed by atoms with van der Waals surface area (Å²) >= 11 is 5.84. The van der Waals surface area contributed by atoms with Crippen LogP contribution in [0, 0.1) is 5.41 Å². The van der Waals surface area contributed by atoms with Gasteiger partial charge in [0.25, 0.3) is 0 Å². The minimum absolute atomic E-state index is 0.500. The van der Waals surface area contributed by atoms with Gasteiger partial charge in [-0.05, 0) is 36.7 Å². The van der Waals surface area contributed by atoms with Crippen LogP contribution in [0.2, 0.25) is 0 Å². The fourth-order valence-electron chi connectivity index (χ4n) is 1.81. The first kappa shape index (κ1) is 20.3. The molecule has 0 aliphatic rings. The van der Waals surface area contributed by atoms with E-state index >= 15 is 0 Å². The number of rotatable bonds is 6. The summed E-state index contributed by atoms with van der Waals surface area (Å²) in [5.41, 5.74) is 1.49. The molecular formula is C18H30N2OS2. The highest BCUT2D eigenvalue weighted by molar-refractivity contribution is 7.82. The first-order chi connectivity index (χ1) is 10.7. The van der Waals surface area contributed by atoms with Crippen LogP contribution in [0.25, 0.3) is 10.2 Å². The van der Waals surface area contributed by atoms with Crippen molar-refractivity contribution in [3.63, 3.8) is 0 Å². The molecule has 2 aromatic rings. The number of thiol groups is 1. The molecule has 5 heteroatoms. The second kappa shape index (κ2) is 9.50. The molecule has 0 amide bonds. The van der Waals surface area contributed by atoms with E-state index in [0.29, 0.717) is 5.41 Å². The maximum absolute atomic E-state index is 5.77. The number of nitrogens with zero attached hydrogens (tertiary/aromatic N) is 2. The average molecular weight is 355 g/mol. The predicted octanol–water partition coefficient (Wildman–Crippen LogP) is 5.36. The number of thiazole rings is 1.